The Morgan fingerprint density at radius 3 is 1.66 bits per heavy atom. The summed E-state index contributed by atoms with van der Waals surface area (Å²) in [6.45, 7) is 0. The molecular weight excluding hydrogens is 687 g/mol. The summed E-state index contributed by atoms with van der Waals surface area (Å²) in [6.07, 6.45) is 0. The molecule has 3 heterocycles. The molecule has 0 aliphatic rings. The summed E-state index contributed by atoms with van der Waals surface area (Å²) in [6, 6.07) is 64.9. The van der Waals surface area contributed by atoms with Crippen molar-refractivity contribution in [2.75, 3.05) is 0 Å². The number of aromatic nitrogens is 5. The Balaban J connectivity index is 0.957. The van der Waals surface area contributed by atoms with E-state index in [-0.39, 0.29) is 0 Å². The maximum atomic E-state index is 6.13. The monoisotopic (exact) mass is 717 g/mol. The molecule has 11 rings (SSSR count). The Morgan fingerprint density at radius 1 is 0.357 bits per heavy atom. The van der Waals surface area contributed by atoms with E-state index in [4.69, 9.17) is 24.4 Å². The Hall–Kier alpha value is -7.70. The average Bonchev–Trinajstić information content (AvgIpc) is 3.86. The number of oxazole rings is 1. The first-order valence-corrected chi connectivity index (χ1v) is 18.6. The standard InChI is InChI=1S/C50H31N5O/c1-3-11-34(12-4-1)47-52-48(35-13-5-2-6-14-35)54-49(53-47)37-22-20-33-19-21-36(29-39(33)30-37)32-23-26-40(27-24-32)55-44-17-9-7-15-41(44)42-31-38(25-28-45(42)55)50-51-43-16-8-10-18-46(43)56-50/h1-31H. The predicted molar refractivity (Wildman–Crippen MR) is 226 cm³/mol. The molecule has 0 aliphatic heterocycles. The van der Waals surface area contributed by atoms with Crippen LogP contribution in [0.15, 0.2) is 192 Å². The van der Waals surface area contributed by atoms with E-state index in [0.29, 0.717) is 23.4 Å². The predicted octanol–water partition coefficient (Wildman–Crippen LogP) is 12.6. The van der Waals surface area contributed by atoms with Crippen molar-refractivity contribution in [2.24, 2.45) is 0 Å². The number of para-hydroxylation sites is 3. The van der Waals surface area contributed by atoms with Crippen LogP contribution < -0.4 is 0 Å². The van der Waals surface area contributed by atoms with E-state index in [9.17, 15) is 0 Å². The molecule has 0 unspecified atom stereocenters. The summed E-state index contributed by atoms with van der Waals surface area (Å²) in [4.78, 5) is 19.5. The summed E-state index contributed by atoms with van der Waals surface area (Å²) >= 11 is 0. The summed E-state index contributed by atoms with van der Waals surface area (Å²) in [7, 11) is 0. The summed E-state index contributed by atoms with van der Waals surface area (Å²) in [5, 5.41) is 4.60. The second-order valence-corrected chi connectivity index (χ2v) is 13.9. The van der Waals surface area contributed by atoms with Crippen molar-refractivity contribution >= 4 is 43.7 Å². The summed E-state index contributed by atoms with van der Waals surface area (Å²) in [5.74, 6) is 2.56. The van der Waals surface area contributed by atoms with Gasteiger partial charge >= 0.3 is 0 Å². The van der Waals surface area contributed by atoms with Crippen molar-refractivity contribution in [3.05, 3.63) is 188 Å². The third-order valence-electron chi connectivity index (χ3n) is 10.5. The van der Waals surface area contributed by atoms with Crippen LogP contribution in [0.3, 0.4) is 0 Å². The second-order valence-electron chi connectivity index (χ2n) is 13.9. The van der Waals surface area contributed by atoms with Crippen LogP contribution in [0.4, 0.5) is 0 Å². The third kappa shape index (κ3) is 5.51. The largest absolute Gasteiger partial charge is 0.436 e. The molecule has 0 spiro atoms. The van der Waals surface area contributed by atoms with Crippen LogP contribution >= 0.6 is 0 Å². The first-order valence-electron chi connectivity index (χ1n) is 18.6. The van der Waals surface area contributed by atoms with Gasteiger partial charge in [0.05, 0.1) is 11.0 Å². The van der Waals surface area contributed by atoms with Gasteiger partial charge < -0.3 is 8.98 Å². The number of nitrogens with zero attached hydrogens (tertiary/aromatic N) is 5. The molecule has 6 heteroatoms. The molecule has 0 N–H and O–H groups in total. The highest BCUT2D eigenvalue weighted by Gasteiger charge is 2.16. The topological polar surface area (TPSA) is 69.6 Å². The van der Waals surface area contributed by atoms with Crippen LogP contribution in [0.5, 0.6) is 0 Å². The SMILES string of the molecule is c1ccc(-c2nc(-c3ccccc3)nc(-c3ccc4ccc(-c5ccc(-n6c7ccccc7c7cc(-c8nc9ccccc9o8)ccc76)cc5)cc4c3)n2)cc1. The molecule has 11 aromatic rings. The van der Waals surface area contributed by atoms with Gasteiger partial charge in [0.2, 0.25) is 5.89 Å². The number of hydrogen-bond acceptors (Lipinski definition) is 5. The second kappa shape index (κ2) is 13.0. The molecule has 262 valence electrons. The van der Waals surface area contributed by atoms with Gasteiger partial charge in [-0.15, -0.1) is 0 Å². The minimum Gasteiger partial charge on any atom is -0.436 e. The lowest BCUT2D eigenvalue weighted by Crippen LogP contribution is -2.00. The fraction of sp³-hybridized carbons (Fsp3) is 0. The molecule has 0 saturated carbocycles. The third-order valence-corrected chi connectivity index (χ3v) is 10.5. The zero-order chi connectivity index (χ0) is 37.0. The van der Waals surface area contributed by atoms with E-state index >= 15 is 0 Å². The molecule has 0 radical (unpaired) electrons. The highest BCUT2D eigenvalue weighted by atomic mass is 16.3. The lowest BCUT2D eigenvalue weighted by atomic mass is 9.99. The van der Waals surface area contributed by atoms with E-state index in [0.717, 1.165) is 77.4 Å². The summed E-state index contributed by atoms with van der Waals surface area (Å²) < 4.78 is 8.47. The van der Waals surface area contributed by atoms with Crippen molar-refractivity contribution in [3.63, 3.8) is 0 Å². The van der Waals surface area contributed by atoms with Crippen molar-refractivity contribution in [1.82, 2.24) is 24.5 Å². The molecule has 56 heavy (non-hydrogen) atoms. The van der Waals surface area contributed by atoms with E-state index in [1.807, 2.05) is 84.9 Å². The van der Waals surface area contributed by atoms with Gasteiger partial charge in [-0.1, -0.05) is 127 Å². The van der Waals surface area contributed by atoms with Crippen LogP contribution in [0.2, 0.25) is 0 Å². The molecular formula is C50H31N5O. The quantitative estimate of drug-likeness (QED) is 0.171. The van der Waals surface area contributed by atoms with E-state index < -0.39 is 0 Å². The van der Waals surface area contributed by atoms with Crippen molar-refractivity contribution in [3.8, 4) is 62.4 Å². The van der Waals surface area contributed by atoms with Gasteiger partial charge in [0, 0.05) is 38.7 Å². The molecule has 6 nitrogen and oxygen atoms in total. The van der Waals surface area contributed by atoms with Gasteiger partial charge in [0.1, 0.15) is 5.52 Å². The molecule has 8 aromatic carbocycles. The number of rotatable bonds is 6. The van der Waals surface area contributed by atoms with Crippen molar-refractivity contribution in [1.29, 1.82) is 0 Å². The van der Waals surface area contributed by atoms with Gasteiger partial charge in [-0.3, -0.25) is 0 Å². The lowest BCUT2D eigenvalue weighted by Gasteiger charge is -2.11. The summed E-state index contributed by atoms with van der Waals surface area (Å²) in [5.41, 5.74) is 11.1. The fourth-order valence-corrected chi connectivity index (χ4v) is 7.69. The minimum atomic E-state index is 0.624. The van der Waals surface area contributed by atoms with Crippen LogP contribution in [-0.2, 0) is 0 Å². The first-order chi connectivity index (χ1) is 27.7. The van der Waals surface area contributed by atoms with Crippen molar-refractivity contribution in [2.45, 2.75) is 0 Å². The maximum absolute atomic E-state index is 6.13. The number of hydrogen-bond donors (Lipinski definition) is 0. The van der Waals surface area contributed by atoms with Crippen LogP contribution in [0.1, 0.15) is 0 Å². The normalized spacial score (nSPS) is 11.6. The van der Waals surface area contributed by atoms with Crippen molar-refractivity contribution < 1.29 is 4.42 Å². The first kappa shape index (κ1) is 31.8. The van der Waals surface area contributed by atoms with Crippen LogP contribution in [0.25, 0.3) is 106 Å². The molecule has 0 saturated heterocycles. The molecule has 0 bridgehead atoms. The highest BCUT2D eigenvalue weighted by Crippen LogP contribution is 2.36. The Labute approximate surface area is 322 Å². The number of benzene rings is 8. The van der Waals surface area contributed by atoms with Gasteiger partial charge in [-0.25, -0.2) is 19.9 Å². The highest BCUT2D eigenvalue weighted by molar-refractivity contribution is 6.10. The van der Waals surface area contributed by atoms with Crippen LogP contribution in [-0.4, -0.2) is 24.5 Å². The van der Waals surface area contributed by atoms with Gasteiger partial charge in [0.25, 0.3) is 0 Å². The Bertz CT molecular complexity index is 3150. The average molecular weight is 718 g/mol. The van der Waals surface area contributed by atoms with E-state index in [1.54, 1.807) is 0 Å². The molecule has 0 fully saturated rings. The zero-order valence-electron chi connectivity index (χ0n) is 30.0. The van der Waals surface area contributed by atoms with E-state index in [1.165, 1.54) is 5.39 Å². The Kier molecular flexibility index (Phi) is 7.38. The number of fused-ring (bicyclic) bond motifs is 5. The Morgan fingerprint density at radius 2 is 0.929 bits per heavy atom. The van der Waals surface area contributed by atoms with Gasteiger partial charge in [-0.05, 0) is 82.6 Å². The van der Waals surface area contributed by atoms with E-state index in [2.05, 4.69) is 108 Å². The minimum absolute atomic E-state index is 0.624. The zero-order valence-corrected chi connectivity index (χ0v) is 30.0. The maximum Gasteiger partial charge on any atom is 0.227 e. The molecule has 3 aromatic heterocycles. The molecule has 0 amide bonds. The van der Waals surface area contributed by atoms with Gasteiger partial charge in [0.15, 0.2) is 23.1 Å². The molecule has 0 aliphatic carbocycles. The lowest BCUT2D eigenvalue weighted by molar-refractivity contribution is 0.620. The fourth-order valence-electron chi connectivity index (χ4n) is 7.69. The molecule has 0 atom stereocenters. The van der Waals surface area contributed by atoms with Gasteiger partial charge in [-0.2, -0.15) is 0 Å². The van der Waals surface area contributed by atoms with Crippen LogP contribution in [0, 0.1) is 0 Å². The smallest absolute Gasteiger partial charge is 0.227 e.